The third-order valence-corrected chi connectivity index (χ3v) is 1.22. The molecular formula is C6H6N4. The highest BCUT2D eigenvalue weighted by atomic mass is 15.6. The predicted molar refractivity (Wildman–Crippen MR) is 35.3 cm³/mol. The van der Waals surface area contributed by atoms with Crippen LogP contribution in [0.3, 0.4) is 0 Å². The maximum atomic E-state index is 4.00. The Morgan fingerprint density at radius 2 is 2.10 bits per heavy atom. The summed E-state index contributed by atoms with van der Waals surface area (Å²) in [5, 5.41) is 4.00. The maximum Gasteiger partial charge on any atom is 0.116 e. The van der Waals surface area contributed by atoms with Gasteiger partial charge < -0.3 is 0 Å². The first-order chi connectivity index (χ1) is 4.97. The second-order valence-corrected chi connectivity index (χ2v) is 1.87. The van der Waals surface area contributed by atoms with Gasteiger partial charge in [-0.2, -0.15) is 9.89 Å². The Hall–Kier alpha value is -1.58. The van der Waals surface area contributed by atoms with Gasteiger partial charge in [0.15, 0.2) is 0 Å². The van der Waals surface area contributed by atoms with E-state index in [-0.39, 0.29) is 0 Å². The molecule has 0 unspecified atom stereocenters. The van der Waals surface area contributed by atoms with Gasteiger partial charge in [-0.25, -0.2) is 9.66 Å². The van der Waals surface area contributed by atoms with Gasteiger partial charge in [0.25, 0.3) is 0 Å². The van der Waals surface area contributed by atoms with E-state index < -0.39 is 0 Å². The van der Waals surface area contributed by atoms with Gasteiger partial charge in [0.05, 0.1) is 6.20 Å². The predicted octanol–water partition coefficient (Wildman–Crippen LogP) is 0.391. The molecule has 2 rings (SSSR count). The van der Waals surface area contributed by atoms with Crippen LogP contribution in [0.15, 0.2) is 37.2 Å². The Bertz CT molecular complexity index is 249. The molecule has 0 aliphatic carbocycles. The van der Waals surface area contributed by atoms with Crippen molar-refractivity contribution in [1.82, 2.24) is 19.5 Å². The SMILES string of the molecule is c1cnn(-n2ccnc2)c1. The summed E-state index contributed by atoms with van der Waals surface area (Å²) in [7, 11) is 0. The van der Waals surface area contributed by atoms with Gasteiger partial charge >= 0.3 is 0 Å². The van der Waals surface area contributed by atoms with Crippen molar-refractivity contribution in [3.8, 4) is 0 Å². The molecule has 2 aromatic rings. The van der Waals surface area contributed by atoms with Crippen LogP contribution in [0.1, 0.15) is 0 Å². The van der Waals surface area contributed by atoms with Crippen molar-refractivity contribution in [2.45, 2.75) is 0 Å². The van der Waals surface area contributed by atoms with Gasteiger partial charge in [0.1, 0.15) is 6.33 Å². The number of aromatic nitrogens is 4. The second kappa shape index (κ2) is 1.98. The molecule has 0 fully saturated rings. The first-order valence-corrected chi connectivity index (χ1v) is 2.95. The molecule has 0 aliphatic heterocycles. The summed E-state index contributed by atoms with van der Waals surface area (Å²) in [5.74, 6) is 0. The summed E-state index contributed by atoms with van der Waals surface area (Å²) in [5.41, 5.74) is 0. The normalized spacial score (nSPS) is 10.0. The molecule has 0 N–H and O–H groups in total. The van der Waals surface area contributed by atoms with E-state index in [2.05, 4.69) is 10.1 Å². The molecule has 0 saturated carbocycles. The third kappa shape index (κ3) is 0.699. The topological polar surface area (TPSA) is 35.6 Å². The smallest absolute Gasteiger partial charge is 0.116 e. The average molecular weight is 134 g/mol. The summed E-state index contributed by atoms with van der Waals surface area (Å²) >= 11 is 0. The van der Waals surface area contributed by atoms with Gasteiger partial charge in [0, 0.05) is 18.6 Å². The van der Waals surface area contributed by atoms with Gasteiger partial charge in [-0.05, 0) is 6.07 Å². The summed E-state index contributed by atoms with van der Waals surface area (Å²) in [6.45, 7) is 0. The molecule has 50 valence electrons. The molecule has 4 nitrogen and oxygen atoms in total. The van der Waals surface area contributed by atoms with Crippen LogP contribution in [0.2, 0.25) is 0 Å². The number of rotatable bonds is 1. The highest BCUT2D eigenvalue weighted by molar-refractivity contribution is 4.82. The van der Waals surface area contributed by atoms with Gasteiger partial charge in [0.2, 0.25) is 0 Å². The lowest BCUT2D eigenvalue weighted by Crippen LogP contribution is -2.05. The van der Waals surface area contributed by atoms with Crippen molar-refractivity contribution < 1.29 is 0 Å². The summed E-state index contributed by atoms with van der Waals surface area (Å²) < 4.78 is 1.78. The highest BCUT2D eigenvalue weighted by Crippen LogP contribution is 1.87. The van der Waals surface area contributed by atoms with Crippen molar-refractivity contribution in [2.24, 2.45) is 0 Å². The van der Waals surface area contributed by atoms with Crippen LogP contribution in [-0.2, 0) is 0 Å². The second-order valence-electron chi connectivity index (χ2n) is 1.87. The van der Waals surface area contributed by atoms with E-state index in [0.717, 1.165) is 0 Å². The van der Waals surface area contributed by atoms with Crippen LogP contribution in [0.5, 0.6) is 0 Å². The fourth-order valence-electron chi connectivity index (χ4n) is 0.771. The van der Waals surface area contributed by atoms with E-state index in [1.165, 1.54) is 0 Å². The Balaban J connectivity index is 2.48. The number of imidazole rings is 1. The average Bonchev–Trinajstić information content (AvgIpc) is 2.59. The molecule has 10 heavy (non-hydrogen) atoms. The van der Waals surface area contributed by atoms with E-state index in [0.29, 0.717) is 0 Å². The van der Waals surface area contributed by atoms with E-state index in [9.17, 15) is 0 Å². The maximum absolute atomic E-state index is 4.00. The van der Waals surface area contributed by atoms with Crippen molar-refractivity contribution in [3.63, 3.8) is 0 Å². The zero-order valence-corrected chi connectivity index (χ0v) is 5.25. The van der Waals surface area contributed by atoms with Crippen molar-refractivity contribution in [1.29, 1.82) is 0 Å². The molecule has 0 aliphatic rings. The van der Waals surface area contributed by atoms with E-state index in [4.69, 9.17) is 0 Å². The molecule has 0 amide bonds. The lowest BCUT2D eigenvalue weighted by molar-refractivity contribution is 0.573. The molecule has 4 heteroatoms. The molecule has 0 bridgehead atoms. The van der Waals surface area contributed by atoms with E-state index in [1.54, 1.807) is 28.2 Å². The highest BCUT2D eigenvalue weighted by Gasteiger charge is 1.88. The van der Waals surface area contributed by atoms with Crippen LogP contribution in [0.25, 0.3) is 0 Å². The molecule has 0 aromatic carbocycles. The largest absolute Gasteiger partial charge is 0.243 e. The van der Waals surface area contributed by atoms with Crippen LogP contribution >= 0.6 is 0 Å². The molecule has 0 radical (unpaired) electrons. The molecule has 0 atom stereocenters. The minimum Gasteiger partial charge on any atom is -0.243 e. The third-order valence-electron chi connectivity index (χ3n) is 1.22. The van der Waals surface area contributed by atoms with E-state index in [1.807, 2.05) is 18.5 Å². The van der Waals surface area contributed by atoms with Gasteiger partial charge in [-0.15, -0.1) is 0 Å². The van der Waals surface area contributed by atoms with Gasteiger partial charge in [-0.3, -0.25) is 0 Å². The quantitative estimate of drug-likeness (QED) is 0.565. The van der Waals surface area contributed by atoms with Gasteiger partial charge in [-0.1, -0.05) is 0 Å². The summed E-state index contributed by atoms with van der Waals surface area (Å²) in [4.78, 5) is 5.57. The summed E-state index contributed by atoms with van der Waals surface area (Å²) in [6, 6.07) is 1.86. The van der Waals surface area contributed by atoms with Crippen molar-refractivity contribution in [2.75, 3.05) is 0 Å². The first-order valence-electron chi connectivity index (χ1n) is 2.95. The minimum absolute atomic E-state index is 1.69. The molecule has 2 heterocycles. The van der Waals surface area contributed by atoms with E-state index >= 15 is 0 Å². The van der Waals surface area contributed by atoms with Crippen LogP contribution < -0.4 is 0 Å². The zero-order valence-electron chi connectivity index (χ0n) is 5.25. The minimum atomic E-state index is 1.69. The van der Waals surface area contributed by atoms with Crippen molar-refractivity contribution in [3.05, 3.63) is 37.2 Å². The number of hydrogen-bond acceptors (Lipinski definition) is 2. The lowest BCUT2D eigenvalue weighted by Gasteiger charge is -1.97. The van der Waals surface area contributed by atoms with Crippen molar-refractivity contribution >= 4 is 0 Å². The summed E-state index contributed by atoms with van der Waals surface area (Å²) in [6.07, 6.45) is 8.80. The molecule has 2 aromatic heterocycles. The number of nitrogens with zero attached hydrogens (tertiary/aromatic N) is 4. The first kappa shape index (κ1) is 5.22. The Morgan fingerprint density at radius 1 is 1.10 bits per heavy atom. The standard InChI is InChI=1S/C6H6N4/c1-2-8-10(4-1)9-5-3-7-6-9/h1-6H. The Labute approximate surface area is 57.7 Å². The monoisotopic (exact) mass is 134 g/mol. The fraction of sp³-hybridized carbons (Fsp3) is 0. The zero-order chi connectivity index (χ0) is 6.81. The van der Waals surface area contributed by atoms with Crippen LogP contribution in [-0.4, -0.2) is 19.5 Å². The lowest BCUT2D eigenvalue weighted by atomic mass is 10.8. The van der Waals surface area contributed by atoms with Crippen LogP contribution in [0.4, 0.5) is 0 Å². The Morgan fingerprint density at radius 3 is 2.70 bits per heavy atom. The molecular weight excluding hydrogens is 128 g/mol. The number of hydrogen-bond donors (Lipinski definition) is 0. The fourth-order valence-corrected chi connectivity index (χ4v) is 0.771. The Kier molecular flexibility index (Phi) is 1.04. The molecule has 0 saturated heterocycles. The van der Waals surface area contributed by atoms with Crippen LogP contribution in [0, 0.1) is 0 Å². The molecule has 0 spiro atoms.